The maximum absolute atomic E-state index is 6.18. The van der Waals surface area contributed by atoms with Crippen LogP contribution in [0.2, 0.25) is 5.02 Å². The minimum Gasteiger partial charge on any atom is -0.333 e. The minimum atomic E-state index is 0.0413. The lowest BCUT2D eigenvalue weighted by atomic mass is 10.1. The van der Waals surface area contributed by atoms with Crippen LogP contribution in [0.25, 0.3) is 0 Å². The molecule has 0 radical (unpaired) electrons. The number of hydrogen-bond donors (Lipinski definition) is 1. The van der Waals surface area contributed by atoms with Crippen LogP contribution in [-0.4, -0.2) is 16.1 Å². The third kappa shape index (κ3) is 4.09. The van der Waals surface area contributed by atoms with Gasteiger partial charge in [0.25, 0.3) is 0 Å². The van der Waals surface area contributed by atoms with Gasteiger partial charge in [0.15, 0.2) is 0 Å². The molecule has 21 heavy (non-hydrogen) atoms. The second kappa shape index (κ2) is 7.97. The summed E-state index contributed by atoms with van der Waals surface area (Å²) in [6.07, 6.45) is 6.06. The van der Waals surface area contributed by atoms with E-state index in [9.17, 15) is 0 Å². The number of nitrogens with one attached hydrogen (secondary N) is 1. The summed E-state index contributed by atoms with van der Waals surface area (Å²) in [7, 11) is 0. The summed E-state index contributed by atoms with van der Waals surface area (Å²) in [6.45, 7) is 6.24. The van der Waals surface area contributed by atoms with Crippen LogP contribution in [0.3, 0.4) is 0 Å². The van der Waals surface area contributed by atoms with Crippen LogP contribution in [-0.2, 0) is 6.54 Å². The Balaban J connectivity index is 2.42. The number of imidazole rings is 1. The molecule has 3 nitrogen and oxygen atoms in total. The fraction of sp³-hybridized carbons (Fsp3) is 0.438. The van der Waals surface area contributed by atoms with Gasteiger partial charge in [-0.25, -0.2) is 4.98 Å². The van der Waals surface area contributed by atoms with E-state index in [1.165, 1.54) is 0 Å². The van der Waals surface area contributed by atoms with E-state index in [2.05, 4.69) is 44.6 Å². The molecule has 0 spiro atoms. The standard InChI is InChI=1S/C16H21BrClN3/c1-3-7-19-15(13-11-12(18)5-6-14(13)17)16-20-8-10-21(16)9-4-2/h5-6,8,10-11,15,19H,3-4,7,9H2,1-2H3. The van der Waals surface area contributed by atoms with Crippen molar-refractivity contribution in [1.29, 1.82) is 0 Å². The molecule has 0 saturated heterocycles. The first-order chi connectivity index (χ1) is 10.2. The zero-order valence-corrected chi connectivity index (χ0v) is 14.8. The molecule has 1 aromatic carbocycles. The molecule has 0 amide bonds. The smallest absolute Gasteiger partial charge is 0.130 e. The third-order valence-corrected chi connectivity index (χ3v) is 4.30. The normalized spacial score (nSPS) is 12.6. The van der Waals surface area contributed by atoms with Gasteiger partial charge in [-0.05, 0) is 43.1 Å². The highest BCUT2D eigenvalue weighted by Gasteiger charge is 2.21. The number of rotatable bonds is 7. The van der Waals surface area contributed by atoms with E-state index in [0.29, 0.717) is 0 Å². The Morgan fingerprint density at radius 3 is 2.86 bits per heavy atom. The number of hydrogen-bond acceptors (Lipinski definition) is 2. The lowest BCUT2D eigenvalue weighted by molar-refractivity contribution is 0.529. The Morgan fingerprint density at radius 2 is 2.14 bits per heavy atom. The molecule has 0 fully saturated rings. The average molecular weight is 371 g/mol. The topological polar surface area (TPSA) is 29.9 Å². The third-order valence-electron chi connectivity index (χ3n) is 3.34. The van der Waals surface area contributed by atoms with Crippen LogP contribution < -0.4 is 5.32 Å². The molecule has 1 heterocycles. The summed E-state index contributed by atoms with van der Waals surface area (Å²) in [5, 5.41) is 4.32. The number of nitrogens with zero attached hydrogens (tertiary/aromatic N) is 2. The lowest BCUT2D eigenvalue weighted by Crippen LogP contribution is -2.26. The Hall–Kier alpha value is -0.840. The molecule has 0 aliphatic heterocycles. The van der Waals surface area contributed by atoms with Crippen molar-refractivity contribution in [3.63, 3.8) is 0 Å². The van der Waals surface area contributed by atoms with Crippen molar-refractivity contribution in [2.75, 3.05) is 6.54 Å². The zero-order valence-electron chi connectivity index (χ0n) is 12.4. The predicted molar refractivity (Wildman–Crippen MR) is 91.8 cm³/mol. The summed E-state index contributed by atoms with van der Waals surface area (Å²) in [6, 6.07) is 5.93. The number of aromatic nitrogens is 2. The van der Waals surface area contributed by atoms with Crippen LogP contribution in [0.1, 0.15) is 44.1 Å². The second-order valence-corrected chi connectivity index (χ2v) is 6.32. The highest BCUT2D eigenvalue weighted by molar-refractivity contribution is 9.10. The maximum atomic E-state index is 6.18. The average Bonchev–Trinajstić information content (AvgIpc) is 2.92. The minimum absolute atomic E-state index is 0.0413. The van der Waals surface area contributed by atoms with Gasteiger partial charge in [-0.1, -0.05) is 41.4 Å². The molecule has 1 N–H and O–H groups in total. The zero-order chi connectivity index (χ0) is 15.2. The van der Waals surface area contributed by atoms with Gasteiger partial charge in [-0.3, -0.25) is 0 Å². The van der Waals surface area contributed by atoms with Gasteiger partial charge in [0.2, 0.25) is 0 Å². The molecular formula is C16H21BrClN3. The molecule has 2 aromatic rings. The van der Waals surface area contributed by atoms with Crippen molar-refractivity contribution in [3.05, 3.63) is 51.5 Å². The fourth-order valence-corrected chi connectivity index (χ4v) is 3.03. The molecule has 0 aliphatic rings. The molecule has 1 aromatic heterocycles. The van der Waals surface area contributed by atoms with E-state index in [-0.39, 0.29) is 6.04 Å². The Labute approximate surface area is 139 Å². The van der Waals surface area contributed by atoms with Gasteiger partial charge in [0.1, 0.15) is 5.82 Å². The first-order valence-corrected chi connectivity index (χ1v) is 8.53. The van der Waals surface area contributed by atoms with Crippen LogP contribution in [0.15, 0.2) is 35.1 Å². The van der Waals surface area contributed by atoms with Crippen molar-refractivity contribution in [1.82, 2.24) is 14.9 Å². The van der Waals surface area contributed by atoms with E-state index in [1.54, 1.807) is 0 Å². The number of benzene rings is 1. The maximum Gasteiger partial charge on any atom is 0.130 e. The Kier molecular flexibility index (Phi) is 6.27. The van der Waals surface area contributed by atoms with Gasteiger partial charge in [0.05, 0.1) is 6.04 Å². The Morgan fingerprint density at radius 1 is 1.33 bits per heavy atom. The van der Waals surface area contributed by atoms with E-state index in [4.69, 9.17) is 11.6 Å². The largest absolute Gasteiger partial charge is 0.333 e. The first-order valence-electron chi connectivity index (χ1n) is 7.36. The van der Waals surface area contributed by atoms with Crippen LogP contribution in [0, 0.1) is 0 Å². The van der Waals surface area contributed by atoms with Gasteiger partial charge >= 0.3 is 0 Å². The summed E-state index contributed by atoms with van der Waals surface area (Å²) < 4.78 is 3.26. The summed E-state index contributed by atoms with van der Waals surface area (Å²) >= 11 is 9.82. The van der Waals surface area contributed by atoms with E-state index in [0.717, 1.165) is 46.8 Å². The van der Waals surface area contributed by atoms with Crippen molar-refractivity contribution < 1.29 is 0 Å². The number of halogens is 2. The summed E-state index contributed by atoms with van der Waals surface area (Å²) in [5.74, 6) is 1.04. The van der Waals surface area contributed by atoms with E-state index < -0.39 is 0 Å². The van der Waals surface area contributed by atoms with Crippen LogP contribution >= 0.6 is 27.5 Å². The second-order valence-electron chi connectivity index (χ2n) is 5.03. The molecule has 0 saturated carbocycles. The van der Waals surface area contributed by atoms with Crippen molar-refractivity contribution in [2.24, 2.45) is 0 Å². The first kappa shape index (κ1) is 16.5. The van der Waals surface area contributed by atoms with Gasteiger partial charge in [-0.2, -0.15) is 0 Å². The molecule has 1 atom stereocenters. The van der Waals surface area contributed by atoms with Crippen LogP contribution in [0.5, 0.6) is 0 Å². The van der Waals surface area contributed by atoms with Gasteiger partial charge in [-0.15, -0.1) is 0 Å². The van der Waals surface area contributed by atoms with Crippen LogP contribution in [0.4, 0.5) is 0 Å². The monoisotopic (exact) mass is 369 g/mol. The van der Waals surface area contributed by atoms with Crippen molar-refractivity contribution >= 4 is 27.5 Å². The molecule has 0 aliphatic carbocycles. The van der Waals surface area contributed by atoms with E-state index in [1.807, 2.05) is 30.6 Å². The molecular weight excluding hydrogens is 350 g/mol. The highest BCUT2D eigenvalue weighted by Crippen LogP contribution is 2.30. The van der Waals surface area contributed by atoms with Crippen molar-refractivity contribution in [2.45, 2.75) is 39.3 Å². The molecule has 2 rings (SSSR count). The fourth-order valence-electron chi connectivity index (χ4n) is 2.38. The van der Waals surface area contributed by atoms with Gasteiger partial charge in [0, 0.05) is 28.4 Å². The number of aryl methyl sites for hydroxylation is 1. The SMILES string of the molecule is CCCNC(c1cc(Cl)ccc1Br)c1nccn1CCC. The summed E-state index contributed by atoms with van der Waals surface area (Å²) in [5.41, 5.74) is 1.12. The quantitative estimate of drug-likeness (QED) is 0.759. The van der Waals surface area contributed by atoms with E-state index >= 15 is 0 Å². The molecule has 1 unspecified atom stereocenters. The van der Waals surface area contributed by atoms with Gasteiger partial charge < -0.3 is 9.88 Å². The predicted octanol–water partition coefficient (Wildman–Crippen LogP) is 4.80. The lowest BCUT2D eigenvalue weighted by Gasteiger charge is -2.21. The Bertz CT molecular complexity index is 583. The summed E-state index contributed by atoms with van der Waals surface area (Å²) in [4.78, 5) is 4.57. The molecule has 0 bridgehead atoms. The van der Waals surface area contributed by atoms with Crippen molar-refractivity contribution in [3.8, 4) is 0 Å². The highest BCUT2D eigenvalue weighted by atomic mass is 79.9. The molecule has 5 heteroatoms. The molecule has 114 valence electrons.